The van der Waals surface area contributed by atoms with Gasteiger partial charge in [-0.05, 0) is 37.3 Å². The summed E-state index contributed by atoms with van der Waals surface area (Å²) >= 11 is 3.43. The molecular weight excluding hydrogens is 412 g/mol. The van der Waals surface area contributed by atoms with Crippen LogP contribution < -0.4 is 14.8 Å². The minimum absolute atomic E-state index is 0.260. The van der Waals surface area contributed by atoms with Crippen molar-refractivity contribution in [2.24, 2.45) is 0 Å². The first kappa shape index (κ1) is 17.5. The number of fused-ring (bicyclic) bond motifs is 1. The van der Waals surface area contributed by atoms with Gasteiger partial charge in [-0.3, -0.25) is 4.79 Å². The number of hydrogen-bond acceptors (Lipinski definition) is 5. The van der Waals surface area contributed by atoms with E-state index in [1.54, 1.807) is 4.68 Å². The zero-order valence-corrected chi connectivity index (χ0v) is 16.1. The van der Waals surface area contributed by atoms with Gasteiger partial charge in [0.15, 0.2) is 17.2 Å². The summed E-state index contributed by atoms with van der Waals surface area (Å²) in [5.74, 6) is 1.10. The van der Waals surface area contributed by atoms with Gasteiger partial charge < -0.3 is 14.8 Å². The van der Waals surface area contributed by atoms with Crippen molar-refractivity contribution >= 4 is 21.8 Å². The summed E-state index contributed by atoms with van der Waals surface area (Å²) in [6.07, 6.45) is -0.260. The van der Waals surface area contributed by atoms with Crippen molar-refractivity contribution in [3.63, 3.8) is 0 Å². The van der Waals surface area contributed by atoms with E-state index in [9.17, 15) is 4.79 Å². The quantitative estimate of drug-likeness (QED) is 0.690. The first-order chi connectivity index (χ1) is 13.1. The third-order valence-electron chi connectivity index (χ3n) is 4.22. The molecule has 0 bridgehead atoms. The highest BCUT2D eigenvalue weighted by atomic mass is 79.9. The topological polar surface area (TPSA) is 78.3 Å². The number of halogens is 1. The normalized spacial score (nSPS) is 15.4. The molecule has 27 heavy (non-hydrogen) atoms. The highest BCUT2D eigenvalue weighted by molar-refractivity contribution is 9.10. The van der Waals surface area contributed by atoms with E-state index in [-0.39, 0.29) is 17.7 Å². The van der Waals surface area contributed by atoms with E-state index in [4.69, 9.17) is 9.47 Å². The lowest BCUT2D eigenvalue weighted by atomic mass is 10.2. The molecule has 0 fully saturated rings. The highest BCUT2D eigenvalue weighted by Crippen LogP contribution is 2.30. The van der Waals surface area contributed by atoms with E-state index in [2.05, 4.69) is 31.6 Å². The number of rotatable bonds is 4. The smallest absolute Gasteiger partial charge is 0.273 e. The van der Waals surface area contributed by atoms with Crippen LogP contribution in [-0.2, 0) is 0 Å². The van der Waals surface area contributed by atoms with Gasteiger partial charge in [0.1, 0.15) is 12.7 Å². The molecule has 0 saturated heterocycles. The third-order valence-corrected chi connectivity index (χ3v) is 4.71. The minimum Gasteiger partial charge on any atom is -0.486 e. The van der Waals surface area contributed by atoms with Gasteiger partial charge in [-0.2, -0.15) is 0 Å². The molecule has 2 heterocycles. The Morgan fingerprint density at radius 3 is 2.89 bits per heavy atom. The minimum atomic E-state index is -0.295. The summed E-state index contributed by atoms with van der Waals surface area (Å²) in [4.78, 5) is 12.5. The number of nitrogens with one attached hydrogen (secondary N) is 1. The predicted molar refractivity (Wildman–Crippen MR) is 102 cm³/mol. The van der Waals surface area contributed by atoms with Crippen molar-refractivity contribution in [3.05, 3.63) is 64.4 Å². The van der Waals surface area contributed by atoms with Crippen LogP contribution in [0.3, 0.4) is 0 Å². The molecule has 1 aliphatic rings. The summed E-state index contributed by atoms with van der Waals surface area (Å²) in [5.41, 5.74) is 1.78. The van der Waals surface area contributed by atoms with Crippen molar-refractivity contribution in [2.45, 2.75) is 13.0 Å². The van der Waals surface area contributed by atoms with Crippen molar-refractivity contribution < 1.29 is 14.3 Å². The second-order valence-corrected chi connectivity index (χ2v) is 7.04. The van der Waals surface area contributed by atoms with Crippen molar-refractivity contribution in [2.75, 3.05) is 13.2 Å². The molecular formula is C19H17BrN4O3. The van der Waals surface area contributed by atoms with E-state index >= 15 is 0 Å². The van der Waals surface area contributed by atoms with Crippen LogP contribution in [0.2, 0.25) is 0 Å². The fourth-order valence-electron chi connectivity index (χ4n) is 2.85. The number of para-hydroxylation sites is 2. The number of nitrogens with zero attached hydrogens (tertiary/aromatic N) is 3. The van der Waals surface area contributed by atoms with Gasteiger partial charge in [-0.25, -0.2) is 4.68 Å². The fraction of sp³-hybridized carbons (Fsp3) is 0.211. The molecule has 3 aromatic rings. The van der Waals surface area contributed by atoms with Crippen molar-refractivity contribution in [1.82, 2.24) is 20.3 Å². The van der Waals surface area contributed by atoms with Gasteiger partial charge in [0, 0.05) is 4.47 Å². The van der Waals surface area contributed by atoms with Crippen LogP contribution in [0.4, 0.5) is 0 Å². The number of carbonyl (C=O) groups excluding carboxylic acids is 1. The molecule has 1 aliphatic heterocycles. The van der Waals surface area contributed by atoms with Crippen LogP contribution in [-0.4, -0.2) is 40.2 Å². The lowest BCUT2D eigenvalue weighted by molar-refractivity contribution is 0.0786. The Morgan fingerprint density at radius 1 is 1.26 bits per heavy atom. The van der Waals surface area contributed by atoms with Crippen LogP contribution in [0.5, 0.6) is 11.5 Å². The molecule has 1 unspecified atom stereocenters. The van der Waals surface area contributed by atoms with Crippen LogP contribution in [0.15, 0.2) is 53.0 Å². The fourth-order valence-corrected chi connectivity index (χ4v) is 3.23. The average Bonchev–Trinajstić information content (AvgIpc) is 3.07. The number of amides is 1. The Hall–Kier alpha value is -2.87. The highest BCUT2D eigenvalue weighted by Gasteiger charge is 2.23. The number of aromatic nitrogens is 3. The maximum atomic E-state index is 12.5. The van der Waals surface area contributed by atoms with Crippen molar-refractivity contribution in [1.29, 1.82) is 0 Å². The Labute approximate surface area is 164 Å². The number of ether oxygens (including phenoxy) is 2. The molecule has 1 atom stereocenters. The molecule has 1 aromatic heterocycles. The lowest BCUT2D eigenvalue weighted by Crippen LogP contribution is -2.41. The predicted octanol–water partition coefficient (Wildman–Crippen LogP) is 2.91. The van der Waals surface area contributed by atoms with Crippen LogP contribution >= 0.6 is 15.9 Å². The van der Waals surface area contributed by atoms with Crippen LogP contribution in [0.1, 0.15) is 16.2 Å². The molecule has 1 amide bonds. The second kappa shape index (κ2) is 7.40. The zero-order chi connectivity index (χ0) is 18.8. The van der Waals surface area contributed by atoms with Gasteiger partial charge in [-0.1, -0.05) is 39.3 Å². The summed E-state index contributed by atoms with van der Waals surface area (Å²) < 4.78 is 14.1. The van der Waals surface area contributed by atoms with Gasteiger partial charge in [0.05, 0.1) is 17.9 Å². The summed E-state index contributed by atoms with van der Waals surface area (Å²) in [5, 5.41) is 11.0. The first-order valence-corrected chi connectivity index (χ1v) is 9.26. The maximum absolute atomic E-state index is 12.5. The van der Waals surface area contributed by atoms with E-state index in [0.717, 1.165) is 10.2 Å². The Balaban J connectivity index is 1.42. The maximum Gasteiger partial charge on any atom is 0.273 e. The Bertz CT molecular complexity index is 989. The van der Waals surface area contributed by atoms with Crippen LogP contribution in [0, 0.1) is 6.92 Å². The standard InChI is InChI=1S/C19H17BrN4O3/c1-12-18(22-23-24(12)14-6-4-5-13(20)9-14)19(25)21-10-15-11-26-16-7-2-3-8-17(16)27-15/h2-9,15H,10-11H2,1H3,(H,21,25). The molecule has 2 aromatic carbocycles. The lowest BCUT2D eigenvalue weighted by Gasteiger charge is -2.26. The number of carbonyl (C=O) groups is 1. The summed E-state index contributed by atoms with van der Waals surface area (Å²) in [6.45, 7) is 2.50. The van der Waals surface area contributed by atoms with E-state index in [0.29, 0.717) is 30.3 Å². The number of hydrogen-bond donors (Lipinski definition) is 1. The molecule has 0 spiro atoms. The molecule has 0 saturated carbocycles. The molecule has 7 nitrogen and oxygen atoms in total. The van der Waals surface area contributed by atoms with Crippen LogP contribution in [0.25, 0.3) is 5.69 Å². The van der Waals surface area contributed by atoms with Crippen molar-refractivity contribution in [3.8, 4) is 17.2 Å². The van der Waals surface area contributed by atoms with Gasteiger partial charge in [0.25, 0.3) is 5.91 Å². The molecule has 4 rings (SSSR count). The molecule has 1 N–H and O–H groups in total. The molecule has 0 aliphatic carbocycles. The van der Waals surface area contributed by atoms with Gasteiger partial charge in [0.2, 0.25) is 0 Å². The Kier molecular flexibility index (Phi) is 4.81. The van der Waals surface area contributed by atoms with E-state index in [1.807, 2.05) is 55.5 Å². The van der Waals surface area contributed by atoms with Gasteiger partial charge in [-0.15, -0.1) is 5.10 Å². The summed E-state index contributed by atoms with van der Waals surface area (Å²) in [6, 6.07) is 15.1. The SMILES string of the molecule is Cc1c(C(=O)NCC2COc3ccccc3O2)nnn1-c1cccc(Br)c1. The largest absolute Gasteiger partial charge is 0.486 e. The molecule has 138 valence electrons. The molecule has 8 heteroatoms. The third kappa shape index (κ3) is 3.66. The van der Waals surface area contributed by atoms with Gasteiger partial charge >= 0.3 is 0 Å². The van der Waals surface area contributed by atoms with E-state index in [1.165, 1.54) is 0 Å². The van der Waals surface area contributed by atoms with E-state index < -0.39 is 0 Å². The second-order valence-electron chi connectivity index (χ2n) is 6.12. The number of benzene rings is 2. The average molecular weight is 429 g/mol. The monoisotopic (exact) mass is 428 g/mol. The molecule has 0 radical (unpaired) electrons. The summed E-state index contributed by atoms with van der Waals surface area (Å²) in [7, 11) is 0. The Morgan fingerprint density at radius 2 is 2.07 bits per heavy atom. The zero-order valence-electron chi connectivity index (χ0n) is 14.6. The first-order valence-electron chi connectivity index (χ1n) is 8.47.